The average molecular weight is 616 g/mol. The fourth-order valence-corrected chi connectivity index (χ4v) is 6.36. The van der Waals surface area contributed by atoms with Crippen molar-refractivity contribution in [3.63, 3.8) is 0 Å². The molecule has 12 heteroatoms. The lowest BCUT2D eigenvalue weighted by Crippen LogP contribution is -2.31. The molecule has 0 amide bonds. The molecule has 1 aromatic heterocycles. The van der Waals surface area contributed by atoms with Crippen LogP contribution in [-0.4, -0.2) is 59.4 Å². The van der Waals surface area contributed by atoms with E-state index in [-0.39, 0.29) is 29.4 Å². The molecule has 4 aromatic carbocycles. The second-order valence-electron chi connectivity index (χ2n) is 9.91. The Kier molecular flexibility index (Phi) is 9.53. The summed E-state index contributed by atoms with van der Waals surface area (Å²) in [5.41, 5.74) is 3.01. The van der Waals surface area contributed by atoms with E-state index < -0.39 is 16.6 Å². The van der Waals surface area contributed by atoms with Gasteiger partial charge < -0.3 is 19.3 Å². The van der Waals surface area contributed by atoms with Gasteiger partial charge in [0.2, 0.25) is 15.8 Å². The van der Waals surface area contributed by atoms with E-state index >= 15 is 0 Å². The van der Waals surface area contributed by atoms with Gasteiger partial charge in [-0.1, -0.05) is 48.5 Å². The summed E-state index contributed by atoms with van der Waals surface area (Å²) in [6.07, 6.45) is 0. The summed E-state index contributed by atoms with van der Waals surface area (Å²) in [7, 11) is 0.580. The van der Waals surface area contributed by atoms with Gasteiger partial charge in [0.15, 0.2) is 0 Å². The number of tetrazole rings is 1. The first-order valence-electron chi connectivity index (χ1n) is 13.7. The van der Waals surface area contributed by atoms with Crippen molar-refractivity contribution in [1.29, 1.82) is 0 Å². The Bertz CT molecular complexity index is 1740. The quantitative estimate of drug-likeness (QED) is 0.206. The van der Waals surface area contributed by atoms with E-state index in [9.17, 15) is 13.5 Å². The minimum absolute atomic E-state index is 0.0323. The third-order valence-electron chi connectivity index (χ3n) is 7.10. The van der Waals surface area contributed by atoms with Crippen LogP contribution in [0.5, 0.6) is 17.2 Å². The Morgan fingerprint density at radius 1 is 0.727 bits per heavy atom. The molecule has 0 saturated heterocycles. The molecular formula is C32H33N5O6S. The first kappa shape index (κ1) is 30.7. The molecule has 0 atom stereocenters. The van der Waals surface area contributed by atoms with Gasteiger partial charge in [0.05, 0.1) is 39.4 Å². The predicted molar refractivity (Wildman–Crippen MR) is 164 cm³/mol. The van der Waals surface area contributed by atoms with Crippen LogP contribution >= 0.6 is 0 Å². The molecule has 0 aliphatic heterocycles. The smallest absolute Gasteiger partial charge is 0.244 e. The highest BCUT2D eigenvalue weighted by atomic mass is 32.2. The number of hydrogen-bond acceptors (Lipinski definition) is 9. The fraction of sp³-hybridized carbons (Fsp3) is 0.219. The largest absolute Gasteiger partial charge is 0.497 e. The Labute approximate surface area is 256 Å². The highest BCUT2D eigenvalue weighted by Crippen LogP contribution is 2.32. The van der Waals surface area contributed by atoms with E-state index in [0.29, 0.717) is 23.6 Å². The van der Waals surface area contributed by atoms with Crippen LogP contribution in [0.1, 0.15) is 22.3 Å². The van der Waals surface area contributed by atoms with Gasteiger partial charge in [-0.3, -0.25) is 0 Å². The van der Waals surface area contributed by atoms with Gasteiger partial charge in [0.1, 0.15) is 17.2 Å². The predicted octanol–water partition coefficient (Wildman–Crippen LogP) is 4.30. The van der Waals surface area contributed by atoms with Crippen LogP contribution in [0, 0.1) is 0 Å². The van der Waals surface area contributed by atoms with Gasteiger partial charge in [-0.2, -0.15) is 9.10 Å². The molecule has 44 heavy (non-hydrogen) atoms. The summed E-state index contributed by atoms with van der Waals surface area (Å²) in [4.78, 5) is 1.35. The van der Waals surface area contributed by atoms with Crippen molar-refractivity contribution in [2.75, 3.05) is 21.3 Å². The molecule has 0 saturated carbocycles. The van der Waals surface area contributed by atoms with Gasteiger partial charge in [-0.05, 0) is 69.9 Å². The lowest BCUT2D eigenvalue weighted by molar-refractivity contribution is 0.282. The van der Waals surface area contributed by atoms with E-state index in [2.05, 4.69) is 15.4 Å². The zero-order valence-corrected chi connectivity index (χ0v) is 25.4. The number of rotatable bonds is 13. The Morgan fingerprint density at radius 3 is 1.70 bits per heavy atom. The topological polar surface area (TPSA) is 129 Å². The van der Waals surface area contributed by atoms with Crippen LogP contribution in [0.3, 0.4) is 0 Å². The maximum Gasteiger partial charge on any atom is 0.244 e. The minimum Gasteiger partial charge on any atom is -0.497 e. The number of ether oxygens (including phenoxy) is 3. The van der Waals surface area contributed by atoms with Gasteiger partial charge >= 0.3 is 0 Å². The molecule has 0 aliphatic carbocycles. The molecule has 11 nitrogen and oxygen atoms in total. The molecule has 0 aliphatic rings. The molecule has 5 aromatic rings. The number of sulfonamides is 1. The van der Waals surface area contributed by atoms with Gasteiger partial charge in [0, 0.05) is 18.7 Å². The Balaban J connectivity index is 1.53. The zero-order chi connectivity index (χ0) is 31.1. The van der Waals surface area contributed by atoms with Gasteiger partial charge in [0.25, 0.3) is 0 Å². The van der Waals surface area contributed by atoms with Crippen molar-refractivity contribution in [3.8, 4) is 28.6 Å². The van der Waals surface area contributed by atoms with Crippen LogP contribution < -0.4 is 14.2 Å². The second-order valence-corrected chi connectivity index (χ2v) is 11.8. The van der Waals surface area contributed by atoms with Crippen LogP contribution in [-0.2, 0) is 36.3 Å². The van der Waals surface area contributed by atoms with E-state index in [1.165, 1.54) is 15.2 Å². The van der Waals surface area contributed by atoms with Gasteiger partial charge in [-0.15, -0.1) is 10.2 Å². The van der Waals surface area contributed by atoms with E-state index in [4.69, 9.17) is 14.2 Å². The molecular weight excluding hydrogens is 582 g/mol. The Hall–Kier alpha value is -4.78. The molecule has 0 spiro atoms. The molecule has 0 unspecified atom stereocenters. The molecule has 0 fully saturated rings. The maximum absolute atomic E-state index is 14.5. The van der Waals surface area contributed by atoms with Crippen molar-refractivity contribution in [3.05, 3.63) is 113 Å². The van der Waals surface area contributed by atoms with Crippen molar-refractivity contribution >= 4 is 10.0 Å². The average Bonchev–Trinajstić information content (AvgIpc) is 3.53. The van der Waals surface area contributed by atoms with Crippen molar-refractivity contribution in [2.24, 2.45) is 0 Å². The summed E-state index contributed by atoms with van der Waals surface area (Å²) in [6, 6.07) is 26.6. The molecule has 1 N–H and O–H groups in total. The monoisotopic (exact) mass is 615 g/mol. The minimum atomic E-state index is -4.17. The number of aliphatic hydroxyl groups excluding tert-OH is 1. The van der Waals surface area contributed by atoms with E-state index in [1.807, 2.05) is 48.5 Å². The third-order valence-corrected chi connectivity index (χ3v) is 8.93. The van der Waals surface area contributed by atoms with E-state index in [1.54, 1.807) is 57.7 Å². The van der Waals surface area contributed by atoms with Crippen molar-refractivity contribution in [1.82, 2.24) is 24.5 Å². The maximum atomic E-state index is 14.5. The highest BCUT2D eigenvalue weighted by molar-refractivity contribution is 7.89. The second kappa shape index (κ2) is 13.7. The number of nitrogens with zero attached hydrogens (tertiary/aromatic N) is 5. The molecule has 0 bridgehead atoms. The number of aliphatic hydroxyl groups is 1. The third kappa shape index (κ3) is 6.88. The van der Waals surface area contributed by atoms with Crippen LogP contribution in [0.15, 0.2) is 95.9 Å². The Morgan fingerprint density at radius 2 is 1.23 bits per heavy atom. The zero-order valence-electron chi connectivity index (χ0n) is 24.6. The van der Waals surface area contributed by atoms with Crippen LogP contribution in [0.25, 0.3) is 11.4 Å². The summed E-state index contributed by atoms with van der Waals surface area (Å²) in [5, 5.41) is 23.1. The molecule has 5 rings (SSSR count). The lowest BCUT2D eigenvalue weighted by Gasteiger charge is -2.24. The first-order valence-corrected chi connectivity index (χ1v) is 15.2. The highest BCUT2D eigenvalue weighted by Gasteiger charge is 2.31. The summed E-state index contributed by atoms with van der Waals surface area (Å²) in [5.74, 6) is 2.15. The summed E-state index contributed by atoms with van der Waals surface area (Å²) < 4.78 is 46.2. The van der Waals surface area contributed by atoms with Crippen molar-refractivity contribution < 1.29 is 27.7 Å². The van der Waals surface area contributed by atoms with E-state index in [0.717, 1.165) is 22.4 Å². The fourth-order valence-electron chi connectivity index (χ4n) is 4.72. The standard InChI is InChI=1S/C32H33N5O6S/c1-41-27-13-7-23(8-14-27)19-36(20-24-9-15-28(42-2)16-10-24)44(39,40)30-6-4-5-26(22-38)31(30)32-33-35-37(34-32)21-25-11-17-29(43-3)18-12-25/h4-18,38H,19-22H2,1-3H3. The number of hydrogen-bond donors (Lipinski definition) is 1. The first-order chi connectivity index (χ1) is 21.3. The molecule has 1 heterocycles. The lowest BCUT2D eigenvalue weighted by atomic mass is 10.1. The SMILES string of the molecule is COc1ccc(CN(Cc2ccc(OC)cc2)S(=O)(=O)c2cccc(CO)c2-c2nnn(Cc3ccc(OC)cc3)n2)cc1. The molecule has 0 radical (unpaired) electrons. The number of aromatic nitrogens is 4. The molecule has 228 valence electrons. The normalized spacial score (nSPS) is 11.5. The summed E-state index contributed by atoms with van der Waals surface area (Å²) >= 11 is 0. The number of benzene rings is 4. The van der Waals surface area contributed by atoms with Crippen LogP contribution in [0.4, 0.5) is 0 Å². The van der Waals surface area contributed by atoms with Gasteiger partial charge in [-0.25, -0.2) is 8.42 Å². The summed E-state index contributed by atoms with van der Waals surface area (Å²) in [6.45, 7) is 0.0571. The number of methoxy groups -OCH3 is 3. The van der Waals surface area contributed by atoms with Crippen LogP contribution in [0.2, 0.25) is 0 Å². The van der Waals surface area contributed by atoms with Crippen molar-refractivity contribution in [2.45, 2.75) is 31.1 Å².